The Bertz CT molecular complexity index is 338. The lowest BCUT2D eigenvalue weighted by molar-refractivity contribution is -0.164. The Morgan fingerprint density at radius 1 is 1.11 bits per heavy atom. The summed E-state index contributed by atoms with van der Waals surface area (Å²) < 4.78 is 0. The largest absolute Gasteiger partial charge is 0.286 e. The van der Waals surface area contributed by atoms with Crippen LogP contribution in [0.15, 0.2) is 30.3 Å². The summed E-state index contributed by atoms with van der Waals surface area (Å²) in [5.74, 6) is -0.225. The first-order valence-corrected chi connectivity index (χ1v) is 6.77. The third kappa shape index (κ3) is 5.82. The second-order valence-electron chi connectivity index (χ2n) is 4.59. The van der Waals surface area contributed by atoms with Gasteiger partial charge in [0.05, 0.1) is 6.42 Å². The van der Waals surface area contributed by atoms with Crippen molar-refractivity contribution in [3.8, 4) is 0 Å². The van der Waals surface area contributed by atoms with Gasteiger partial charge in [0.25, 0.3) is 0 Å². The van der Waals surface area contributed by atoms with Crippen molar-refractivity contribution >= 4 is 5.91 Å². The first-order chi connectivity index (χ1) is 8.74. The zero-order valence-corrected chi connectivity index (χ0v) is 11.1. The van der Waals surface area contributed by atoms with E-state index in [2.05, 4.69) is 6.92 Å². The molecule has 3 nitrogen and oxygen atoms in total. The zero-order chi connectivity index (χ0) is 13.2. The smallest absolute Gasteiger partial charge is 0.250 e. The van der Waals surface area contributed by atoms with Gasteiger partial charge in [-0.15, -0.1) is 0 Å². The van der Waals surface area contributed by atoms with Crippen LogP contribution in [0.3, 0.4) is 0 Å². The molecule has 0 aliphatic carbocycles. The summed E-state index contributed by atoms with van der Waals surface area (Å²) in [5.41, 5.74) is 0.938. The molecule has 1 amide bonds. The topological polar surface area (TPSA) is 40.5 Å². The predicted octanol–water partition coefficient (Wildman–Crippen LogP) is 3.42. The minimum atomic E-state index is -0.225. The lowest BCUT2D eigenvalue weighted by atomic mass is 10.1. The van der Waals surface area contributed by atoms with Crippen molar-refractivity contribution in [2.75, 3.05) is 6.54 Å². The van der Waals surface area contributed by atoms with E-state index in [0.717, 1.165) is 23.5 Å². The molecule has 1 N–H and O–H groups in total. The summed E-state index contributed by atoms with van der Waals surface area (Å²) in [7, 11) is 0. The van der Waals surface area contributed by atoms with Crippen LogP contribution in [-0.4, -0.2) is 22.7 Å². The van der Waals surface area contributed by atoms with E-state index in [4.69, 9.17) is 0 Å². The highest BCUT2D eigenvalue weighted by Crippen LogP contribution is 2.05. The SMILES string of the molecule is CCCCCCCN(O)C(=O)Cc1ccccc1. The summed E-state index contributed by atoms with van der Waals surface area (Å²) in [5, 5.41) is 10.5. The van der Waals surface area contributed by atoms with Crippen LogP contribution in [0.1, 0.15) is 44.6 Å². The van der Waals surface area contributed by atoms with E-state index >= 15 is 0 Å². The molecule has 0 aromatic heterocycles. The number of carbonyl (C=O) groups is 1. The Hall–Kier alpha value is -1.35. The maximum atomic E-state index is 11.7. The van der Waals surface area contributed by atoms with Gasteiger partial charge in [0.2, 0.25) is 5.91 Å². The Labute approximate surface area is 109 Å². The van der Waals surface area contributed by atoms with E-state index in [1.807, 2.05) is 30.3 Å². The fourth-order valence-electron chi connectivity index (χ4n) is 1.85. The summed E-state index contributed by atoms with van der Waals surface area (Å²) in [6.07, 6.45) is 5.82. The number of nitrogens with zero attached hydrogens (tertiary/aromatic N) is 1. The number of carbonyl (C=O) groups excluding carboxylic acids is 1. The number of hydrogen-bond acceptors (Lipinski definition) is 2. The van der Waals surface area contributed by atoms with Gasteiger partial charge >= 0.3 is 0 Å². The normalized spacial score (nSPS) is 10.3. The minimum Gasteiger partial charge on any atom is -0.286 e. The summed E-state index contributed by atoms with van der Waals surface area (Å²) in [4.78, 5) is 11.7. The van der Waals surface area contributed by atoms with E-state index < -0.39 is 0 Å². The molecule has 0 bridgehead atoms. The summed E-state index contributed by atoms with van der Waals surface area (Å²) in [6.45, 7) is 2.61. The van der Waals surface area contributed by atoms with Gasteiger partial charge in [-0.1, -0.05) is 62.9 Å². The second kappa shape index (κ2) is 8.70. The van der Waals surface area contributed by atoms with Crippen LogP contribution in [0.25, 0.3) is 0 Å². The van der Waals surface area contributed by atoms with E-state index in [1.165, 1.54) is 19.3 Å². The molecule has 0 heterocycles. The number of rotatable bonds is 8. The molecular weight excluding hydrogens is 226 g/mol. The molecule has 0 radical (unpaired) electrons. The molecule has 100 valence electrons. The van der Waals surface area contributed by atoms with Gasteiger partial charge in [0, 0.05) is 6.54 Å². The molecule has 0 atom stereocenters. The monoisotopic (exact) mass is 249 g/mol. The predicted molar refractivity (Wildman–Crippen MR) is 72.4 cm³/mol. The highest BCUT2D eigenvalue weighted by Gasteiger charge is 2.10. The summed E-state index contributed by atoms with van der Waals surface area (Å²) >= 11 is 0. The van der Waals surface area contributed by atoms with Crippen LogP contribution >= 0.6 is 0 Å². The molecule has 0 fully saturated rings. The van der Waals surface area contributed by atoms with E-state index in [0.29, 0.717) is 6.54 Å². The number of hydrogen-bond donors (Lipinski definition) is 1. The Morgan fingerprint density at radius 2 is 1.78 bits per heavy atom. The van der Waals surface area contributed by atoms with Crippen LogP contribution in [0.5, 0.6) is 0 Å². The standard InChI is InChI=1S/C15H23NO2/c1-2-3-4-5-9-12-16(18)15(17)13-14-10-7-6-8-11-14/h6-8,10-11,18H,2-5,9,12-13H2,1H3. The minimum absolute atomic E-state index is 0.225. The van der Waals surface area contributed by atoms with Crippen molar-refractivity contribution in [3.63, 3.8) is 0 Å². The van der Waals surface area contributed by atoms with E-state index in [1.54, 1.807) is 0 Å². The Morgan fingerprint density at radius 3 is 2.44 bits per heavy atom. The average molecular weight is 249 g/mol. The van der Waals surface area contributed by atoms with Crippen LogP contribution in [-0.2, 0) is 11.2 Å². The lowest BCUT2D eigenvalue weighted by Gasteiger charge is -2.14. The zero-order valence-electron chi connectivity index (χ0n) is 11.1. The molecular formula is C15H23NO2. The molecule has 3 heteroatoms. The number of benzene rings is 1. The molecule has 0 aliphatic heterocycles. The lowest BCUT2D eigenvalue weighted by Crippen LogP contribution is -2.29. The maximum Gasteiger partial charge on any atom is 0.250 e. The van der Waals surface area contributed by atoms with E-state index in [9.17, 15) is 10.0 Å². The average Bonchev–Trinajstić information content (AvgIpc) is 2.39. The Kier molecular flexibility index (Phi) is 7.11. The van der Waals surface area contributed by atoms with Crippen molar-refractivity contribution in [1.29, 1.82) is 0 Å². The van der Waals surface area contributed by atoms with E-state index in [-0.39, 0.29) is 12.3 Å². The third-order valence-electron chi connectivity index (χ3n) is 2.96. The van der Waals surface area contributed by atoms with Crippen LogP contribution in [0.2, 0.25) is 0 Å². The van der Waals surface area contributed by atoms with Gasteiger partial charge < -0.3 is 0 Å². The molecule has 1 aromatic rings. The summed E-state index contributed by atoms with van der Waals surface area (Å²) in [6, 6.07) is 9.50. The molecule has 1 rings (SSSR count). The first kappa shape index (κ1) is 14.7. The van der Waals surface area contributed by atoms with Gasteiger partial charge in [0.1, 0.15) is 0 Å². The van der Waals surface area contributed by atoms with Crippen molar-refractivity contribution in [3.05, 3.63) is 35.9 Å². The second-order valence-corrected chi connectivity index (χ2v) is 4.59. The van der Waals surface area contributed by atoms with Gasteiger partial charge in [-0.2, -0.15) is 0 Å². The first-order valence-electron chi connectivity index (χ1n) is 6.77. The van der Waals surface area contributed by atoms with Crippen molar-refractivity contribution in [2.45, 2.75) is 45.4 Å². The van der Waals surface area contributed by atoms with Gasteiger partial charge in [-0.3, -0.25) is 10.0 Å². The van der Waals surface area contributed by atoms with Crippen molar-refractivity contribution < 1.29 is 10.0 Å². The molecule has 1 aromatic carbocycles. The number of hydroxylamine groups is 2. The number of unbranched alkanes of at least 4 members (excludes halogenated alkanes) is 4. The number of amides is 1. The third-order valence-corrected chi connectivity index (χ3v) is 2.96. The Balaban J connectivity index is 2.21. The van der Waals surface area contributed by atoms with Gasteiger partial charge in [-0.05, 0) is 12.0 Å². The van der Waals surface area contributed by atoms with Crippen LogP contribution in [0, 0.1) is 0 Å². The highest BCUT2D eigenvalue weighted by molar-refractivity contribution is 5.77. The van der Waals surface area contributed by atoms with Crippen LogP contribution in [0.4, 0.5) is 0 Å². The fourth-order valence-corrected chi connectivity index (χ4v) is 1.85. The van der Waals surface area contributed by atoms with Gasteiger partial charge in [0.15, 0.2) is 0 Å². The molecule has 0 spiro atoms. The molecule has 0 saturated heterocycles. The molecule has 0 aliphatic rings. The highest BCUT2D eigenvalue weighted by atomic mass is 16.5. The molecule has 18 heavy (non-hydrogen) atoms. The van der Waals surface area contributed by atoms with Crippen LogP contribution < -0.4 is 0 Å². The maximum absolute atomic E-state index is 11.7. The molecule has 0 saturated carbocycles. The molecule has 0 unspecified atom stereocenters. The fraction of sp³-hybridized carbons (Fsp3) is 0.533. The van der Waals surface area contributed by atoms with Crippen molar-refractivity contribution in [2.24, 2.45) is 0 Å². The van der Waals surface area contributed by atoms with Gasteiger partial charge in [-0.25, -0.2) is 5.06 Å². The quantitative estimate of drug-likeness (QED) is 0.435. The van der Waals surface area contributed by atoms with Crippen molar-refractivity contribution in [1.82, 2.24) is 5.06 Å².